The van der Waals surface area contributed by atoms with E-state index in [1.807, 2.05) is 12.1 Å². The number of anilines is 1. The summed E-state index contributed by atoms with van der Waals surface area (Å²) in [4.78, 5) is 32.8. The summed E-state index contributed by atoms with van der Waals surface area (Å²) in [7, 11) is 0. The minimum Gasteiger partial charge on any atom is -0.333 e. The fourth-order valence-corrected chi connectivity index (χ4v) is 3.51. The highest BCUT2D eigenvalue weighted by Gasteiger charge is 2.49. The van der Waals surface area contributed by atoms with Crippen molar-refractivity contribution in [2.75, 3.05) is 11.4 Å². The lowest BCUT2D eigenvalue weighted by molar-refractivity contribution is -0.117. The van der Waals surface area contributed by atoms with Gasteiger partial charge >= 0.3 is 0 Å². The Balaban J connectivity index is 1.60. The molecule has 116 valence electrons. The second kappa shape index (κ2) is 5.42. The van der Waals surface area contributed by atoms with Gasteiger partial charge < -0.3 is 9.80 Å². The maximum Gasteiger partial charge on any atom is 0.255 e. The summed E-state index contributed by atoms with van der Waals surface area (Å²) in [5.41, 5.74) is 1.30. The minimum atomic E-state index is -0.0941. The summed E-state index contributed by atoms with van der Waals surface area (Å²) in [6, 6.07) is 5.27. The molecule has 0 bridgehead atoms. The van der Waals surface area contributed by atoms with E-state index in [4.69, 9.17) is 0 Å². The molecule has 7 heteroatoms. The van der Waals surface area contributed by atoms with Crippen molar-refractivity contribution in [2.24, 2.45) is 0 Å². The monoisotopic (exact) mass is 309 g/mol. The quantitative estimate of drug-likeness (QED) is 0.823. The van der Waals surface area contributed by atoms with Crippen LogP contribution in [0, 0.1) is 0 Å². The highest BCUT2D eigenvalue weighted by Crippen LogP contribution is 2.36. The first-order chi connectivity index (χ1) is 11.3. The Hall–Kier alpha value is -2.83. The van der Waals surface area contributed by atoms with Gasteiger partial charge in [-0.1, -0.05) is 0 Å². The van der Waals surface area contributed by atoms with Crippen LogP contribution in [0.5, 0.6) is 0 Å². The van der Waals surface area contributed by atoms with Gasteiger partial charge in [0.2, 0.25) is 5.91 Å². The van der Waals surface area contributed by atoms with Crippen molar-refractivity contribution in [3.63, 3.8) is 0 Å². The van der Waals surface area contributed by atoms with Crippen molar-refractivity contribution in [3.05, 3.63) is 48.5 Å². The molecular weight excluding hydrogens is 294 g/mol. The molecule has 0 N–H and O–H groups in total. The van der Waals surface area contributed by atoms with Gasteiger partial charge in [-0.3, -0.25) is 14.6 Å². The molecule has 0 radical (unpaired) electrons. The van der Waals surface area contributed by atoms with Crippen LogP contribution in [0.3, 0.4) is 0 Å². The van der Waals surface area contributed by atoms with Crippen LogP contribution in [0.1, 0.15) is 23.2 Å². The van der Waals surface area contributed by atoms with Crippen LogP contribution in [0.15, 0.2) is 43.0 Å². The molecule has 2 aromatic heterocycles. The van der Waals surface area contributed by atoms with Crippen LogP contribution in [-0.4, -0.2) is 50.5 Å². The molecule has 4 heterocycles. The number of carbonyl (C=O) groups is 2. The number of pyridine rings is 1. The molecule has 0 spiro atoms. The number of nitrogens with zero attached hydrogens (tertiary/aromatic N) is 5. The van der Waals surface area contributed by atoms with Crippen LogP contribution < -0.4 is 4.90 Å². The zero-order valence-corrected chi connectivity index (χ0v) is 12.4. The average molecular weight is 309 g/mol. The first-order valence-electron chi connectivity index (χ1n) is 7.55. The average Bonchev–Trinajstić information content (AvgIpc) is 3.13. The Kier molecular flexibility index (Phi) is 3.25. The van der Waals surface area contributed by atoms with Crippen LogP contribution >= 0.6 is 0 Å². The van der Waals surface area contributed by atoms with E-state index in [0.29, 0.717) is 18.5 Å². The van der Waals surface area contributed by atoms with Crippen LogP contribution in [0.4, 0.5) is 5.69 Å². The van der Waals surface area contributed by atoms with E-state index in [1.54, 1.807) is 28.3 Å². The molecule has 7 nitrogen and oxygen atoms in total. The van der Waals surface area contributed by atoms with Crippen molar-refractivity contribution in [1.29, 1.82) is 0 Å². The maximum absolute atomic E-state index is 12.7. The van der Waals surface area contributed by atoms with Gasteiger partial charge in [0.25, 0.3) is 5.91 Å². The summed E-state index contributed by atoms with van der Waals surface area (Å²) in [5.74, 6) is -0.0495. The van der Waals surface area contributed by atoms with Crippen molar-refractivity contribution in [1.82, 2.24) is 20.1 Å². The second-order valence-corrected chi connectivity index (χ2v) is 5.73. The number of hydrogen-bond acceptors (Lipinski definition) is 5. The van der Waals surface area contributed by atoms with Gasteiger partial charge in [-0.25, -0.2) is 0 Å². The topological polar surface area (TPSA) is 79.3 Å². The molecule has 2 fully saturated rings. The number of fused-ring (bicyclic) bond motifs is 1. The number of amides is 2. The molecule has 0 aromatic carbocycles. The zero-order chi connectivity index (χ0) is 15.8. The van der Waals surface area contributed by atoms with E-state index < -0.39 is 0 Å². The van der Waals surface area contributed by atoms with Crippen LogP contribution in [0.25, 0.3) is 0 Å². The molecular formula is C16H15N5O2. The minimum absolute atomic E-state index is 0.0189. The lowest BCUT2D eigenvalue weighted by Gasteiger charge is -2.25. The van der Waals surface area contributed by atoms with E-state index in [1.165, 1.54) is 12.4 Å². The Morgan fingerprint density at radius 3 is 2.78 bits per heavy atom. The largest absolute Gasteiger partial charge is 0.333 e. The number of hydrogen-bond donors (Lipinski definition) is 0. The summed E-state index contributed by atoms with van der Waals surface area (Å²) >= 11 is 0. The fourth-order valence-electron chi connectivity index (χ4n) is 3.51. The summed E-state index contributed by atoms with van der Waals surface area (Å²) < 4.78 is 0. The summed E-state index contributed by atoms with van der Waals surface area (Å²) in [6.45, 7) is 0.639. The Labute approximate surface area is 133 Å². The third-order valence-electron chi connectivity index (χ3n) is 4.51. The van der Waals surface area contributed by atoms with Crippen molar-refractivity contribution < 1.29 is 9.59 Å². The molecule has 0 saturated carbocycles. The molecule has 2 aliphatic heterocycles. The van der Waals surface area contributed by atoms with E-state index in [0.717, 1.165) is 12.1 Å². The van der Waals surface area contributed by atoms with Gasteiger partial charge in [-0.2, -0.15) is 10.2 Å². The molecule has 2 unspecified atom stereocenters. The number of rotatable bonds is 2. The Bertz CT molecular complexity index is 737. The fraction of sp³-hybridized carbons (Fsp3) is 0.312. The van der Waals surface area contributed by atoms with Crippen molar-refractivity contribution >= 4 is 17.5 Å². The van der Waals surface area contributed by atoms with E-state index in [9.17, 15) is 9.59 Å². The van der Waals surface area contributed by atoms with Gasteiger partial charge in [-0.05, 0) is 24.6 Å². The normalized spacial score (nSPS) is 23.2. The maximum atomic E-state index is 12.7. The second-order valence-electron chi connectivity index (χ2n) is 5.73. The van der Waals surface area contributed by atoms with Gasteiger partial charge in [-0.15, -0.1) is 0 Å². The molecule has 2 atom stereocenters. The van der Waals surface area contributed by atoms with Crippen molar-refractivity contribution in [3.8, 4) is 0 Å². The highest BCUT2D eigenvalue weighted by atomic mass is 16.2. The lowest BCUT2D eigenvalue weighted by atomic mass is 10.1. The molecule has 0 aliphatic carbocycles. The molecule has 2 saturated heterocycles. The molecule has 2 amide bonds. The van der Waals surface area contributed by atoms with E-state index in [-0.39, 0.29) is 23.9 Å². The predicted molar refractivity (Wildman–Crippen MR) is 81.6 cm³/mol. The Morgan fingerprint density at radius 2 is 2.04 bits per heavy atom. The molecule has 23 heavy (non-hydrogen) atoms. The first kappa shape index (κ1) is 13.8. The van der Waals surface area contributed by atoms with Crippen molar-refractivity contribution in [2.45, 2.75) is 24.9 Å². The number of aromatic nitrogens is 3. The lowest BCUT2D eigenvalue weighted by Crippen LogP contribution is -2.40. The smallest absolute Gasteiger partial charge is 0.255 e. The van der Waals surface area contributed by atoms with E-state index in [2.05, 4.69) is 15.2 Å². The number of likely N-dealkylation sites (tertiary alicyclic amines) is 1. The Morgan fingerprint density at radius 1 is 1.13 bits per heavy atom. The number of carbonyl (C=O) groups excluding carboxylic acids is 2. The summed E-state index contributed by atoms with van der Waals surface area (Å²) in [6.07, 6.45) is 7.47. The molecule has 4 rings (SSSR count). The van der Waals surface area contributed by atoms with Crippen LogP contribution in [-0.2, 0) is 4.79 Å². The molecule has 2 aliphatic rings. The van der Waals surface area contributed by atoms with Gasteiger partial charge in [0.1, 0.15) is 0 Å². The van der Waals surface area contributed by atoms with Crippen LogP contribution in [0.2, 0.25) is 0 Å². The van der Waals surface area contributed by atoms with Gasteiger partial charge in [0.05, 0.1) is 41.9 Å². The first-order valence-corrected chi connectivity index (χ1v) is 7.55. The van der Waals surface area contributed by atoms with Gasteiger partial charge in [0, 0.05) is 19.2 Å². The van der Waals surface area contributed by atoms with Gasteiger partial charge in [0.15, 0.2) is 0 Å². The third-order valence-corrected chi connectivity index (χ3v) is 4.51. The standard InChI is InChI=1S/C16H15N5O2/c22-15-8-14-13(21(15)12-2-1-5-17-10-12)4-7-20(14)16(23)11-3-6-18-19-9-11/h1-3,5-6,9-10,13-14H,4,7-8H2. The zero-order valence-electron chi connectivity index (χ0n) is 12.4. The molecule has 2 aromatic rings. The van der Waals surface area contributed by atoms with E-state index >= 15 is 0 Å². The third kappa shape index (κ3) is 2.25. The summed E-state index contributed by atoms with van der Waals surface area (Å²) in [5, 5.41) is 7.45. The predicted octanol–water partition coefficient (Wildman–Crippen LogP) is 0.892. The highest BCUT2D eigenvalue weighted by molar-refractivity contribution is 6.00. The SMILES string of the molecule is O=C(c1ccnnc1)N1CCC2C1CC(=O)N2c1cccnc1.